The Balaban J connectivity index is 1.69. The molecule has 8 nitrogen and oxygen atoms in total. The number of thioether (sulfide) groups is 1. The van der Waals surface area contributed by atoms with Crippen molar-refractivity contribution in [3.05, 3.63) is 70.0 Å². The summed E-state index contributed by atoms with van der Waals surface area (Å²) in [5, 5.41) is 22.0. The molecular weight excluding hydrogens is 390 g/mol. The van der Waals surface area contributed by atoms with E-state index in [2.05, 4.69) is 15.5 Å². The van der Waals surface area contributed by atoms with Crippen LogP contribution in [0, 0.1) is 10.1 Å². The van der Waals surface area contributed by atoms with Crippen molar-refractivity contribution in [2.45, 2.75) is 17.3 Å². The summed E-state index contributed by atoms with van der Waals surface area (Å²) in [6.45, 7) is 1.74. The molecule has 1 unspecified atom stereocenters. The SMILES string of the molecule is CC(Sc1nncn1-c1cccc(Cl)c1)C(=O)Nc1ccc([N+](=O)[O-])cc1. The molecule has 27 heavy (non-hydrogen) atoms. The van der Waals surface area contributed by atoms with Crippen LogP contribution in [0.3, 0.4) is 0 Å². The molecule has 0 radical (unpaired) electrons. The number of nitrogens with one attached hydrogen (secondary N) is 1. The molecular formula is C17H14ClN5O3S. The van der Waals surface area contributed by atoms with E-state index in [0.29, 0.717) is 15.9 Å². The van der Waals surface area contributed by atoms with Crippen molar-refractivity contribution in [3.63, 3.8) is 0 Å². The van der Waals surface area contributed by atoms with E-state index in [1.54, 1.807) is 30.0 Å². The first kappa shape index (κ1) is 18.9. The highest BCUT2D eigenvalue weighted by molar-refractivity contribution is 8.00. The van der Waals surface area contributed by atoms with Gasteiger partial charge in [-0.2, -0.15) is 0 Å². The van der Waals surface area contributed by atoms with E-state index in [-0.39, 0.29) is 11.6 Å². The van der Waals surface area contributed by atoms with Crippen LogP contribution in [0.1, 0.15) is 6.92 Å². The second-order valence-electron chi connectivity index (χ2n) is 5.52. The van der Waals surface area contributed by atoms with Gasteiger partial charge in [0.1, 0.15) is 6.33 Å². The minimum absolute atomic E-state index is 0.0370. The fraction of sp³-hybridized carbons (Fsp3) is 0.118. The van der Waals surface area contributed by atoms with E-state index < -0.39 is 10.2 Å². The van der Waals surface area contributed by atoms with Gasteiger partial charge in [-0.1, -0.05) is 29.4 Å². The molecule has 0 spiro atoms. The third-order valence-electron chi connectivity index (χ3n) is 3.60. The molecule has 0 aliphatic rings. The minimum Gasteiger partial charge on any atom is -0.325 e. The normalized spacial score (nSPS) is 11.8. The number of aromatic nitrogens is 3. The van der Waals surface area contributed by atoms with Gasteiger partial charge in [0.05, 0.1) is 15.9 Å². The van der Waals surface area contributed by atoms with Crippen LogP contribution in [0.15, 0.2) is 60.0 Å². The van der Waals surface area contributed by atoms with Crippen LogP contribution in [0.25, 0.3) is 5.69 Å². The Bertz CT molecular complexity index is 977. The summed E-state index contributed by atoms with van der Waals surface area (Å²) in [6, 6.07) is 12.9. The van der Waals surface area contributed by atoms with Gasteiger partial charge in [0, 0.05) is 22.8 Å². The second-order valence-corrected chi connectivity index (χ2v) is 7.26. The maximum atomic E-state index is 12.4. The molecule has 0 aliphatic carbocycles. The Morgan fingerprint density at radius 2 is 2.04 bits per heavy atom. The lowest BCUT2D eigenvalue weighted by atomic mass is 10.3. The van der Waals surface area contributed by atoms with E-state index in [1.807, 2.05) is 12.1 Å². The largest absolute Gasteiger partial charge is 0.325 e. The van der Waals surface area contributed by atoms with Crippen LogP contribution in [0.4, 0.5) is 11.4 Å². The molecule has 0 saturated carbocycles. The predicted molar refractivity (Wildman–Crippen MR) is 103 cm³/mol. The number of nitrogens with zero attached hydrogens (tertiary/aromatic N) is 4. The maximum absolute atomic E-state index is 12.4. The quantitative estimate of drug-likeness (QED) is 0.379. The molecule has 1 aromatic heterocycles. The fourth-order valence-corrected chi connectivity index (χ4v) is 3.26. The number of nitro benzene ring substituents is 1. The molecule has 0 fully saturated rings. The number of benzene rings is 2. The van der Waals surface area contributed by atoms with Gasteiger partial charge in [0.15, 0.2) is 5.16 Å². The monoisotopic (exact) mass is 403 g/mol. The van der Waals surface area contributed by atoms with Gasteiger partial charge in [-0.25, -0.2) is 0 Å². The van der Waals surface area contributed by atoms with E-state index in [9.17, 15) is 14.9 Å². The highest BCUT2D eigenvalue weighted by atomic mass is 35.5. The standard InChI is InChI=1S/C17H14ClN5O3S/c1-11(16(24)20-13-5-7-14(8-6-13)23(25)26)27-17-21-19-10-22(17)15-4-2-3-12(18)9-15/h2-11H,1H3,(H,20,24). The Labute approximate surface area is 163 Å². The number of carbonyl (C=O) groups is 1. The molecule has 3 rings (SSSR count). The molecule has 10 heteroatoms. The molecule has 0 bridgehead atoms. The van der Waals surface area contributed by atoms with Crippen molar-refractivity contribution in [3.8, 4) is 5.69 Å². The van der Waals surface area contributed by atoms with E-state index in [1.165, 1.54) is 36.0 Å². The van der Waals surface area contributed by atoms with Gasteiger partial charge in [-0.3, -0.25) is 19.5 Å². The Hall–Kier alpha value is -2.91. The summed E-state index contributed by atoms with van der Waals surface area (Å²) >= 11 is 7.26. The van der Waals surface area contributed by atoms with Crippen molar-refractivity contribution in [1.82, 2.24) is 14.8 Å². The molecule has 1 heterocycles. The molecule has 3 aromatic rings. The Morgan fingerprint density at radius 1 is 1.30 bits per heavy atom. The molecule has 1 amide bonds. The van der Waals surface area contributed by atoms with Crippen LogP contribution >= 0.6 is 23.4 Å². The van der Waals surface area contributed by atoms with Gasteiger partial charge in [-0.15, -0.1) is 10.2 Å². The van der Waals surface area contributed by atoms with Crippen LogP contribution < -0.4 is 5.32 Å². The summed E-state index contributed by atoms with van der Waals surface area (Å²) in [6.07, 6.45) is 1.55. The summed E-state index contributed by atoms with van der Waals surface area (Å²) < 4.78 is 1.74. The lowest BCUT2D eigenvalue weighted by Gasteiger charge is -2.12. The van der Waals surface area contributed by atoms with E-state index >= 15 is 0 Å². The lowest BCUT2D eigenvalue weighted by Crippen LogP contribution is -2.22. The zero-order valence-corrected chi connectivity index (χ0v) is 15.6. The first-order valence-corrected chi connectivity index (χ1v) is 9.08. The Morgan fingerprint density at radius 3 is 2.70 bits per heavy atom. The first-order valence-electron chi connectivity index (χ1n) is 7.82. The number of anilines is 1. The van der Waals surface area contributed by atoms with Crippen LogP contribution in [0.2, 0.25) is 5.02 Å². The molecule has 0 saturated heterocycles. The number of hydrogen-bond donors (Lipinski definition) is 1. The number of halogens is 1. The topological polar surface area (TPSA) is 103 Å². The summed E-state index contributed by atoms with van der Waals surface area (Å²) in [7, 11) is 0. The van der Waals surface area contributed by atoms with Crippen molar-refractivity contribution >= 4 is 40.6 Å². The third-order valence-corrected chi connectivity index (χ3v) is 4.89. The Kier molecular flexibility index (Phi) is 5.72. The molecule has 1 N–H and O–H groups in total. The van der Waals surface area contributed by atoms with Crippen molar-refractivity contribution in [2.24, 2.45) is 0 Å². The van der Waals surface area contributed by atoms with Crippen LogP contribution in [-0.4, -0.2) is 30.8 Å². The number of carbonyl (C=O) groups excluding carboxylic acids is 1. The first-order chi connectivity index (χ1) is 12.9. The predicted octanol–water partition coefficient (Wildman–Crippen LogP) is 3.95. The zero-order chi connectivity index (χ0) is 19.4. The number of nitro groups is 1. The van der Waals surface area contributed by atoms with Gasteiger partial charge in [0.2, 0.25) is 5.91 Å². The summed E-state index contributed by atoms with van der Waals surface area (Å²) in [4.78, 5) is 22.6. The third kappa shape index (κ3) is 4.63. The minimum atomic E-state index is -0.493. The number of amides is 1. The lowest BCUT2D eigenvalue weighted by molar-refractivity contribution is -0.384. The smallest absolute Gasteiger partial charge is 0.269 e. The second kappa shape index (κ2) is 8.19. The highest BCUT2D eigenvalue weighted by Gasteiger charge is 2.19. The van der Waals surface area contributed by atoms with E-state index in [0.717, 1.165) is 5.69 Å². The van der Waals surface area contributed by atoms with Crippen molar-refractivity contribution in [2.75, 3.05) is 5.32 Å². The van der Waals surface area contributed by atoms with Gasteiger partial charge in [0.25, 0.3) is 5.69 Å². The maximum Gasteiger partial charge on any atom is 0.269 e. The summed E-state index contributed by atoms with van der Waals surface area (Å²) in [5.74, 6) is -0.255. The van der Waals surface area contributed by atoms with Gasteiger partial charge in [-0.05, 0) is 37.3 Å². The average Bonchev–Trinajstić information content (AvgIpc) is 3.10. The molecule has 138 valence electrons. The van der Waals surface area contributed by atoms with Crippen molar-refractivity contribution in [1.29, 1.82) is 0 Å². The molecule has 1 atom stereocenters. The zero-order valence-electron chi connectivity index (χ0n) is 14.1. The van der Waals surface area contributed by atoms with Crippen molar-refractivity contribution < 1.29 is 9.72 Å². The van der Waals surface area contributed by atoms with Crippen LogP contribution in [-0.2, 0) is 4.79 Å². The van der Waals surface area contributed by atoms with Gasteiger partial charge < -0.3 is 5.32 Å². The van der Waals surface area contributed by atoms with Crippen LogP contribution in [0.5, 0.6) is 0 Å². The highest BCUT2D eigenvalue weighted by Crippen LogP contribution is 2.26. The fourth-order valence-electron chi connectivity index (χ4n) is 2.23. The number of rotatable bonds is 6. The van der Waals surface area contributed by atoms with E-state index in [4.69, 9.17) is 11.6 Å². The number of hydrogen-bond acceptors (Lipinski definition) is 6. The molecule has 0 aliphatic heterocycles. The number of non-ortho nitro benzene ring substituents is 1. The molecule has 2 aromatic carbocycles. The summed E-state index contributed by atoms with van der Waals surface area (Å²) in [5.41, 5.74) is 1.23. The van der Waals surface area contributed by atoms with Gasteiger partial charge >= 0.3 is 0 Å². The average molecular weight is 404 g/mol.